The monoisotopic (exact) mass is 224 g/mol. The third-order valence-electron chi connectivity index (χ3n) is 2.87. The fourth-order valence-electron chi connectivity index (χ4n) is 2.04. The molecule has 0 saturated heterocycles. The molecule has 0 bridgehead atoms. The summed E-state index contributed by atoms with van der Waals surface area (Å²) in [6.45, 7) is 2.07. The molecule has 2 aromatic carbocycles. The minimum Gasteiger partial charge on any atom is -0.306 e. The molecule has 2 N–H and O–H groups in total. The summed E-state index contributed by atoms with van der Waals surface area (Å²) in [4.78, 5) is 16.7. The van der Waals surface area contributed by atoms with Crippen LogP contribution in [0.3, 0.4) is 0 Å². The van der Waals surface area contributed by atoms with Gasteiger partial charge in [0.1, 0.15) is 0 Å². The Hall–Kier alpha value is -2.29. The summed E-state index contributed by atoms with van der Waals surface area (Å²) in [5.41, 5.74) is 5.01. The predicted octanol–water partition coefficient (Wildman–Crippen LogP) is 2.83. The Balaban J connectivity index is 2.20. The van der Waals surface area contributed by atoms with Crippen LogP contribution in [0.4, 0.5) is 0 Å². The number of hydrogen-bond donors (Lipinski definition) is 2. The lowest BCUT2D eigenvalue weighted by Gasteiger charge is -2.02. The Labute approximate surface area is 98.1 Å². The minimum absolute atomic E-state index is 0.165. The third-order valence-corrected chi connectivity index (χ3v) is 2.87. The largest absolute Gasteiger partial charge is 0.323 e. The Bertz CT molecular complexity index is 737. The van der Waals surface area contributed by atoms with Crippen molar-refractivity contribution in [2.75, 3.05) is 0 Å². The second-order valence-corrected chi connectivity index (χ2v) is 4.21. The van der Waals surface area contributed by atoms with Crippen molar-refractivity contribution in [3.8, 4) is 11.1 Å². The number of benzene rings is 2. The van der Waals surface area contributed by atoms with Crippen LogP contribution in [-0.2, 0) is 0 Å². The quantitative estimate of drug-likeness (QED) is 0.656. The van der Waals surface area contributed by atoms with Crippen LogP contribution in [-0.4, -0.2) is 9.97 Å². The van der Waals surface area contributed by atoms with Crippen LogP contribution >= 0.6 is 0 Å². The normalized spacial score (nSPS) is 10.9. The van der Waals surface area contributed by atoms with Crippen molar-refractivity contribution in [1.29, 1.82) is 0 Å². The summed E-state index contributed by atoms with van der Waals surface area (Å²) in [5, 5.41) is 0. The first-order valence-electron chi connectivity index (χ1n) is 5.51. The van der Waals surface area contributed by atoms with Crippen LogP contribution in [0, 0.1) is 6.92 Å². The van der Waals surface area contributed by atoms with Gasteiger partial charge in [-0.15, -0.1) is 0 Å². The number of nitrogens with one attached hydrogen (secondary N) is 2. The van der Waals surface area contributed by atoms with Crippen molar-refractivity contribution in [3.05, 3.63) is 58.5 Å². The van der Waals surface area contributed by atoms with E-state index in [9.17, 15) is 4.79 Å². The Morgan fingerprint density at radius 3 is 2.47 bits per heavy atom. The van der Waals surface area contributed by atoms with E-state index in [-0.39, 0.29) is 5.69 Å². The fraction of sp³-hybridized carbons (Fsp3) is 0.0714. The zero-order chi connectivity index (χ0) is 11.8. The molecule has 0 radical (unpaired) electrons. The molecule has 17 heavy (non-hydrogen) atoms. The van der Waals surface area contributed by atoms with Crippen molar-refractivity contribution in [2.24, 2.45) is 0 Å². The summed E-state index contributed by atoms with van der Waals surface area (Å²) in [5.74, 6) is 0. The van der Waals surface area contributed by atoms with Gasteiger partial charge in [-0.3, -0.25) is 0 Å². The van der Waals surface area contributed by atoms with E-state index in [2.05, 4.69) is 35.1 Å². The number of aromatic nitrogens is 2. The first kappa shape index (κ1) is 9.90. The lowest BCUT2D eigenvalue weighted by atomic mass is 10.0. The molecule has 0 saturated carbocycles. The maximum absolute atomic E-state index is 11.2. The zero-order valence-corrected chi connectivity index (χ0v) is 9.45. The molecule has 1 heterocycles. The summed E-state index contributed by atoms with van der Waals surface area (Å²) < 4.78 is 0. The number of H-pyrrole nitrogens is 2. The third kappa shape index (κ3) is 1.76. The summed E-state index contributed by atoms with van der Waals surface area (Å²) >= 11 is 0. The van der Waals surface area contributed by atoms with Crippen molar-refractivity contribution in [1.82, 2.24) is 9.97 Å². The van der Waals surface area contributed by atoms with E-state index in [1.807, 2.05) is 24.3 Å². The van der Waals surface area contributed by atoms with Crippen molar-refractivity contribution in [3.63, 3.8) is 0 Å². The van der Waals surface area contributed by atoms with E-state index in [0.29, 0.717) is 0 Å². The minimum atomic E-state index is -0.165. The van der Waals surface area contributed by atoms with Gasteiger partial charge >= 0.3 is 5.69 Å². The van der Waals surface area contributed by atoms with Crippen molar-refractivity contribution >= 4 is 11.0 Å². The fourth-order valence-corrected chi connectivity index (χ4v) is 2.04. The second-order valence-electron chi connectivity index (χ2n) is 4.21. The molecule has 3 aromatic rings. The number of hydrogen-bond acceptors (Lipinski definition) is 1. The topological polar surface area (TPSA) is 48.6 Å². The highest BCUT2D eigenvalue weighted by Crippen LogP contribution is 2.22. The van der Waals surface area contributed by atoms with Gasteiger partial charge < -0.3 is 9.97 Å². The van der Waals surface area contributed by atoms with E-state index >= 15 is 0 Å². The van der Waals surface area contributed by atoms with Crippen LogP contribution in [0.1, 0.15) is 5.56 Å². The summed E-state index contributed by atoms with van der Waals surface area (Å²) in [7, 11) is 0. The molecular weight excluding hydrogens is 212 g/mol. The SMILES string of the molecule is Cc1cccc(-c2ccc3[nH]c(=O)[nH]c3c2)c1. The number of fused-ring (bicyclic) bond motifs is 1. The number of rotatable bonds is 1. The molecule has 0 aliphatic heterocycles. The van der Waals surface area contributed by atoms with Crippen LogP contribution < -0.4 is 5.69 Å². The summed E-state index contributed by atoms with van der Waals surface area (Å²) in [6, 6.07) is 14.2. The molecule has 0 aliphatic carbocycles. The molecule has 0 fully saturated rings. The lowest BCUT2D eigenvalue weighted by Crippen LogP contribution is -1.99. The Morgan fingerprint density at radius 1 is 0.882 bits per heavy atom. The van der Waals surface area contributed by atoms with Gasteiger partial charge in [0.05, 0.1) is 11.0 Å². The van der Waals surface area contributed by atoms with E-state index < -0.39 is 0 Å². The Morgan fingerprint density at radius 2 is 1.65 bits per heavy atom. The maximum Gasteiger partial charge on any atom is 0.323 e. The van der Waals surface area contributed by atoms with Gasteiger partial charge in [0.25, 0.3) is 0 Å². The van der Waals surface area contributed by atoms with Gasteiger partial charge in [-0.2, -0.15) is 0 Å². The lowest BCUT2D eigenvalue weighted by molar-refractivity contribution is 1.22. The molecular formula is C14H12N2O. The van der Waals surface area contributed by atoms with Crippen LogP contribution in [0.15, 0.2) is 47.3 Å². The van der Waals surface area contributed by atoms with E-state index in [4.69, 9.17) is 0 Å². The second kappa shape index (κ2) is 3.63. The molecule has 1 aromatic heterocycles. The number of aromatic amines is 2. The predicted molar refractivity (Wildman–Crippen MR) is 69.1 cm³/mol. The molecule has 0 unspecified atom stereocenters. The average Bonchev–Trinajstić information content (AvgIpc) is 2.68. The van der Waals surface area contributed by atoms with Crippen LogP contribution in [0.2, 0.25) is 0 Å². The first-order chi connectivity index (χ1) is 8.22. The van der Waals surface area contributed by atoms with Gasteiger partial charge in [-0.05, 0) is 30.2 Å². The average molecular weight is 224 g/mol. The van der Waals surface area contributed by atoms with E-state index in [1.54, 1.807) is 0 Å². The highest BCUT2D eigenvalue weighted by atomic mass is 16.1. The molecule has 3 rings (SSSR count). The van der Waals surface area contributed by atoms with Gasteiger partial charge in [0, 0.05) is 0 Å². The molecule has 0 spiro atoms. The summed E-state index contributed by atoms with van der Waals surface area (Å²) in [6.07, 6.45) is 0. The van der Waals surface area contributed by atoms with Crippen LogP contribution in [0.25, 0.3) is 22.2 Å². The van der Waals surface area contributed by atoms with Gasteiger partial charge in [0.15, 0.2) is 0 Å². The van der Waals surface area contributed by atoms with Gasteiger partial charge in [-0.1, -0.05) is 35.9 Å². The zero-order valence-electron chi connectivity index (χ0n) is 9.45. The van der Waals surface area contributed by atoms with E-state index in [0.717, 1.165) is 22.2 Å². The van der Waals surface area contributed by atoms with E-state index in [1.165, 1.54) is 5.56 Å². The number of aryl methyl sites for hydroxylation is 1. The smallest absolute Gasteiger partial charge is 0.306 e. The van der Waals surface area contributed by atoms with Crippen molar-refractivity contribution < 1.29 is 0 Å². The molecule has 84 valence electrons. The molecule has 0 aliphatic rings. The van der Waals surface area contributed by atoms with Gasteiger partial charge in [0.2, 0.25) is 0 Å². The highest BCUT2D eigenvalue weighted by molar-refractivity contribution is 5.81. The van der Waals surface area contributed by atoms with Crippen LogP contribution in [0.5, 0.6) is 0 Å². The molecule has 3 nitrogen and oxygen atoms in total. The molecule has 0 amide bonds. The number of imidazole rings is 1. The van der Waals surface area contributed by atoms with Crippen molar-refractivity contribution in [2.45, 2.75) is 6.92 Å². The Kier molecular flexibility index (Phi) is 2.11. The highest BCUT2D eigenvalue weighted by Gasteiger charge is 2.02. The first-order valence-corrected chi connectivity index (χ1v) is 5.51. The molecule has 3 heteroatoms. The molecule has 0 atom stereocenters. The maximum atomic E-state index is 11.2. The van der Waals surface area contributed by atoms with Gasteiger partial charge in [-0.25, -0.2) is 4.79 Å². The standard InChI is InChI=1S/C14H12N2O/c1-9-3-2-4-10(7-9)11-5-6-12-13(8-11)16-14(17)15-12/h2-8H,1H3,(H2,15,16,17).